The van der Waals surface area contributed by atoms with Gasteiger partial charge in [0.2, 0.25) is 0 Å². The summed E-state index contributed by atoms with van der Waals surface area (Å²) in [5, 5.41) is 0. The first kappa shape index (κ1) is 11.5. The number of nitrogens with zero attached hydrogens (tertiary/aromatic N) is 2. The van der Waals surface area contributed by atoms with Gasteiger partial charge in [-0.2, -0.15) is 0 Å². The first-order chi connectivity index (χ1) is 8.66. The average molecular weight is 301 g/mol. The fourth-order valence-corrected chi connectivity index (χ4v) is 2.58. The summed E-state index contributed by atoms with van der Waals surface area (Å²) >= 11 is 3.51. The zero-order valence-corrected chi connectivity index (χ0v) is 11.9. The summed E-state index contributed by atoms with van der Waals surface area (Å²) in [6, 6.07) is 14.5. The third kappa shape index (κ3) is 1.75. The van der Waals surface area contributed by atoms with Crippen LogP contribution in [0.5, 0.6) is 0 Å². The van der Waals surface area contributed by atoms with Crippen molar-refractivity contribution < 1.29 is 0 Å². The Morgan fingerprint density at radius 3 is 2.67 bits per heavy atom. The zero-order valence-electron chi connectivity index (χ0n) is 10.3. The van der Waals surface area contributed by atoms with Crippen LogP contribution in [-0.4, -0.2) is 9.55 Å². The van der Waals surface area contributed by atoms with E-state index >= 15 is 0 Å². The summed E-state index contributed by atoms with van der Waals surface area (Å²) in [6.07, 6.45) is 0. The van der Waals surface area contributed by atoms with Crippen molar-refractivity contribution >= 4 is 27.0 Å². The molecule has 0 saturated heterocycles. The quantitative estimate of drug-likeness (QED) is 0.655. The van der Waals surface area contributed by atoms with Gasteiger partial charge < -0.3 is 4.57 Å². The molecule has 18 heavy (non-hydrogen) atoms. The smallest absolute Gasteiger partial charge is 0.141 e. The SMILES string of the molecule is Cc1ccccc1-c1nc2ccc(Br)cc2n1C. The highest BCUT2D eigenvalue weighted by molar-refractivity contribution is 9.10. The molecule has 0 amide bonds. The van der Waals surface area contributed by atoms with Gasteiger partial charge >= 0.3 is 0 Å². The molecule has 3 aromatic rings. The molecule has 1 aromatic heterocycles. The maximum absolute atomic E-state index is 4.73. The molecule has 3 heteroatoms. The highest BCUT2D eigenvalue weighted by Crippen LogP contribution is 2.27. The van der Waals surface area contributed by atoms with E-state index in [9.17, 15) is 0 Å². The Hall–Kier alpha value is -1.61. The normalized spacial score (nSPS) is 11.1. The number of halogens is 1. The molecule has 0 radical (unpaired) electrons. The fourth-order valence-electron chi connectivity index (χ4n) is 2.23. The van der Waals surface area contributed by atoms with Gasteiger partial charge in [-0.05, 0) is 30.7 Å². The second-order valence-electron chi connectivity index (χ2n) is 4.44. The number of aromatic nitrogens is 2. The van der Waals surface area contributed by atoms with Gasteiger partial charge in [-0.1, -0.05) is 40.2 Å². The average Bonchev–Trinajstić information content (AvgIpc) is 2.68. The number of aryl methyl sites for hydroxylation is 2. The van der Waals surface area contributed by atoms with Gasteiger partial charge in [0, 0.05) is 17.1 Å². The number of fused-ring (bicyclic) bond motifs is 1. The molecule has 0 unspecified atom stereocenters. The third-order valence-corrected chi connectivity index (χ3v) is 3.72. The summed E-state index contributed by atoms with van der Waals surface area (Å²) < 4.78 is 3.22. The number of hydrogen-bond acceptors (Lipinski definition) is 1. The second kappa shape index (κ2) is 4.25. The molecule has 0 atom stereocenters. The molecule has 2 nitrogen and oxygen atoms in total. The zero-order chi connectivity index (χ0) is 12.7. The van der Waals surface area contributed by atoms with Crippen LogP contribution in [-0.2, 0) is 7.05 Å². The van der Waals surface area contributed by atoms with Crippen LogP contribution < -0.4 is 0 Å². The van der Waals surface area contributed by atoms with Crippen LogP contribution in [0.25, 0.3) is 22.4 Å². The van der Waals surface area contributed by atoms with Crippen molar-refractivity contribution in [1.29, 1.82) is 0 Å². The Balaban J connectivity index is 2.31. The Kier molecular flexibility index (Phi) is 2.71. The van der Waals surface area contributed by atoms with E-state index in [1.807, 2.05) is 12.1 Å². The predicted octanol–water partition coefficient (Wildman–Crippen LogP) is 4.31. The Morgan fingerprint density at radius 2 is 1.89 bits per heavy atom. The Bertz CT molecular complexity index is 728. The Morgan fingerprint density at radius 1 is 1.11 bits per heavy atom. The van der Waals surface area contributed by atoms with E-state index in [2.05, 4.69) is 64.8 Å². The number of benzene rings is 2. The van der Waals surface area contributed by atoms with Gasteiger partial charge in [0.15, 0.2) is 0 Å². The first-order valence-electron chi connectivity index (χ1n) is 5.85. The van der Waals surface area contributed by atoms with Gasteiger partial charge in [-0.25, -0.2) is 4.98 Å². The number of imidazole rings is 1. The predicted molar refractivity (Wildman–Crippen MR) is 78.6 cm³/mol. The second-order valence-corrected chi connectivity index (χ2v) is 5.36. The molecule has 0 aliphatic heterocycles. The minimum atomic E-state index is 1.02. The maximum Gasteiger partial charge on any atom is 0.141 e. The van der Waals surface area contributed by atoms with Crippen molar-refractivity contribution in [1.82, 2.24) is 9.55 Å². The fraction of sp³-hybridized carbons (Fsp3) is 0.133. The van der Waals surface area contributed by atoms with Gasteiger partial charge in [-0.15, -0.1) is 0 Å². The minimum Gasteiger partial charge on any atom is -0.327 e. The van der Waals surface area contributed by atoms with Crippen LogP contribution in [0.2, 0.25) is 0 Å². The van der Waals surface area contributed by atoms with Crippen molar-refractivity contribution in [2.75, 3.05) is 0 Å². The molecule has 3 rings (SSSR count). The van der Waals surface area contributed by atoms with Crippen molar-refractivity contribution in [3.05, 3.63) is 52.5 Å². The van der Waals surface area contributed by atoms with E-state index in [0.29, 0.717) is 0 Å². The van der Waals surface area contributed by atoms with Crippen LogP contribution in [0, 0.1) is 6.92 Å². The van der Waals surface area contributed by atoms with Crippen LogP contribution in [0.15, 0.2) is 46.9 Å². The van der Waals surface area contributed by atoms with Gasteiger partial charge in [0.1, 0.15) is 5.82 Å². The van der Waals surface area contributed by atoms with Gasteiger partial charge in [0.25, 0.3) is 0 Å². The molecule has 0 fully saturated rings. The summed E-state index contributed by atoms with van der Waals surface area (Å²) in [6.45, 7) is 2.12. The number of hydrogen-bond donors (Lipinski definition) is 0. The van der Waals surface area contributed by atoms with Gasteiger partial charge in [-0.3, -0.25) is 0 Å². The number of rotatable bonds is 1. The van der Waals surface area contributed by atoms with Crippen LogP contribution in [0.3, 0.4) is 0 Å². The summed E-state index contributed by atoms with van der Waals surface area (Å²) in [7, 11) is 2.06. The van der Waals surface area contributed by atoms with Crippen molar-refractivity contribution in [3.8, 4) is 11.4 Å². The highest BCUT2D eigenvalue weighted by Gasteiger charge is 2.11. The van der Waals surface area contributed by atoms with E-state index in [0.717, 1.165) is 21.3 Å². The van der Waals surface area contributed by atoms with E-state index in [1.165, 1.54) is 11.1 Å². The molecule has 0 aliphatic carbocycles. The van der Waals surface area contributed by atoms with Crippen LogP contribution in [0.4, 0.5) is 0 Å². The van der Waals surface area contributed by atoms with Crippen molar-refractivity contribution in [2.45, 2.75) is 6.92 Å². The lowest BCUT2D eigenvalue weighted by atomic mass is 10.1. The van der Waals surface area contributed by atoms with Crippen LogP contribution >= 0.6 is 15.9 Å². The van der Waals surface area contributed by atoms with Crippen LogP contribution in [0.1, 0.15) is 5.56 Å². The lowest BCUT2D eigenvalue weighted by molar-refractivity contribution is 0.957. The molecule has 0 bridgehead atoms. The molecule has 0 N–H and O–H groups in total. The standard InChI is InChI=1S/C15H13BrN2/c1-10-5-3-4-6-12(10)15-17-13-8-7-11(16)9-14(13)18(15)2/h3-9H,1-2H3. The first-order valence-corrected chi connectivity index (χ1v) is 6.64. The largest absolute Gasteiger partial charge is 0.327 e. The van der Waals surface area contributed by atoms with Crippen molar-refractivity contribution in [2.24, 2.45) is 7.05 Å². The molecular formula is C15H13BrN2. The molecule has 2 aromatic carbocycles. The van der Waals surface area contributed by atoms with E-state index in [1.54, 1.807) is 0 Å². The molecule has 0 spiro atoms. The highest BCUT2D eigenvalue weighted by atomic mass is 79.9. The summed E-state index contributed by atoms with van der Waals surface area (Å²) in [4.78, 5) is 4.73. The molecule has 0 saturated carbocycles. The molecule has 1 heterocycles. The topological polar surface area (TPSA) is 17.8 Å². The van der Waals surface area contributed by atoms with Crippen molar-refractivity contribution in [3.63, 3.8) is 0 Å². The lowest BCUT2D eigenvalue weighted by Gasteiger charge is -2.05. The third-order valence-electron chi connectivity index (χ3n) is 3.23. The maximum atomic E-state index is 4.73. The molecule has 90 valence electrons. The van der Waals surface area contributed by atoms with Gasteiger partial charge in [0.05, 0.1) is 11.0 Å². The summed E-state index contributed by atoms with van der Waals surface area (Å²) in [5.41, 5.74) is 4.60. The molecular weight excluding hydrogens is 288 g/mol. The van der Waals surface area contributed by atoms with E-state index < -0.39 is 0 Å². The van der Waals surface area contributed by atoms with E-state index in [-0.39, 0.29) is 0 Å². The summed E-state index contributed by atoms with van der Waals surface area (Å²) in [5.74, 6) is 1.02. The van der Waals surface area contributed by atoms with E-state index in [4.69, 9.17) is 4.98 Å². The lowest BCUT2D eigenvalue weighted by Crippen LogP contribution is -1.94. The minimum absolute atomic E-state index is 1.02. The Labute approximate surface area is 114 Å². The monoisotopic (exact) mass is 300 g/mol. The molecule has 0 aliphatic rings.